The van der Waals surface area contributed by atoms with Crippen LogP contribution in [0.15, 0.2) is 11.5 Å². The van der Waals surface area contributed by atoms with Crippen molar-refractivity contribution in [3.05, 3.63) is 6.33 Å². The number of rotatable bonds is 4. The standard InChI is InChI=1S/C7H11N3OS/c1-5(11)3-6(2)12-7-8-4-9-10-7/h4,6H,3H2,1-2H3,(H,8,9,10). The largest absolute Gasteiger partial charge is 0.300 e. The average Bonchev–Trinajstić information content (AvgIpc) is 2.37. The van der Waals surface area contributed by atoms with E-state index in [1.807, 2.05) is 6.92 Å². The van der Waals surface area contributed by atoms with Crippen LogP contribution in [0.1, 0.15) is 20.3 Å². The number of ketones is 1. The summed E-state index contributed by atoms with van der Waals surface area (Å²) >= 11 is 1.53. The summed E-state index contributed by atoms with van der Waals surface area (Å²) in [7, 11) is 0. The van der Waals surface area contributed by atoms with Crippen molar-refractivity contribution in [3.8, 4) is 0 Å². The second kappa shape index (κ2) is 4.25. The van der Waals surface area contributed by atoms with Crippen molar-refractivity contribution in [1.82, 2.24) is 15.2 Å². The molecule has 12 heavy (non-hydrogen) atoms. The summed E-state index contributed by atoms with van der Waals surface area (Å²) in [5.41, 5.74) is 0. The van der Waals surface area contributed by atoms with Gasteiger partial charge >= 0.3 is 0 Å². The highest BCUT2D eigenvalue weighted by atomic mass is 32.2. The molecule has 4 nitrogen and oxygen atoms in total. The molecule has 66 valence electrons. The van der Waals surface area contributed by atoms with Gasteiger partial charge in [0.25, 0.3) is 0 Å². The zero-order valence-corrected chi connectivity index (χ0v) is 7.89. The van der Waals surface area contributed by atoms with E-state index >= 15 is 0 Å². The van der Waals surface area contributed by atoms with Crippen molar-refractivity contribution >= 4 is 17.5 Å². The lowest BCUT2D eigenvalue weighted by atomic mass is 10.2. The highest BCUT2D eigenvalue weighted by Gasteiger charge is 2.08. The first kappa shape index (κ1) is 9.25. The fourth-order valence-electron chi connectivity index (χ4n) is 0.888. The molecule has 1 heterocycles. The summed E-state index contributed by atoms with van der Waals surface area (Å²) in [6.07, 6.45) is 2.04. The molecule has 1 atom stereocenters. The van der Waals surface area contributed by atoms with Gasteiger partial charge in [0.1, 0.15) is 12.1 Å². The van der Waals surface area contributed by atoms with Gasteiger partial charge in [-0.2, -0.15) is 5.10 Å². The lowest BCUT2D eigenvalue weighted by Crippen LogP contribution is -2.03. The molecule has 0 aliphatic rings. The maximum atomic E-state index is 10.7. The number of Topliss-reactive ketones (excluding diaryl/α,β-unsaturated/α-hetero) is 1. The first-order valence-electron chi connectivity index (χ1n) is 3.70. The molecule has 5 heteroatoms. The summed E-state index contributed by atoms with van der Waals surface area (Å²) in [5.74, 6) is 0.203. The van der Waals surface area contributed by atoms with Crippen molar-refractivity contribution < 1.29 is 4.79 Å². The number of hydrogen-bond acceptors (Lipinski definition) is 4. The Bertz CT molecular complexity index is 247. The first-order chi connectivity index (χ1) is 5.68. The van der Waals surface area contributed by atoms with Gasteiger partial charge in [0.2, 0.25) is 0 Å². The third kappa shape index (κ3) is 3.04. The summed E-state index contributed by atoms with van der Waals surface area (Å²) in [4.78, 5) is 14.7. The molecule has 0 saturated carbocycles. The number of thioether (sulfide) groups is 1. The monoisotopic (exact) mass is 185 g/mol. The molecule has 1 rings (SSSR count). The third-order valence-electron chi connectivity index (χ3n) is 1.28. The Morgan fingerprint density at radius 2 is 2.58 bits per heavy atom. The molecule has 0 aliphatic carbocycles. The maximum absolute atomic E-state index is 10.7. The van der Waals surface area contributed by atoms with Crippen LogP contribution in [0, 0.1) is 0 Å². The highest BCUT2D eigenvalue weighted by Crippen LogP contribution is 2.20. The Kier molecular flexibility index (Phi) is 3.28. The second-order valence-corrected chi connectivity index (χ2v) is 4.05. The zero-order chi connectivity index (χ0) is 8.97. The van der Waals surface area contributed by atoms with Crippen LogP contribution in [0.25, 0.3) is 0 Å². The summed E-state index contributed by atoms with van der Waals surface area (Å²) < 4.78 is 0. The van der Waals surface area contributed by atoms with Crippen molar-refractivity contribution in [3.63, 3.8) is 0 Å². The van der Waals surface area contributed by atoms with E-state index in [0.717, 1.165) is 5.16 Å². The van der Waals surface area contributed by atoms with E-state index in [1.54, 1.807) is 6.92 Å². The smallest absolute Gasteiger partial charge is 0.183 e. The number of aromatic amines is 1. The molecule has 0 fully saturated rings. The highest BCUT2D eigenvalue weighted by molar-refractivity contribution is 7.99. The SMILES string of the molecule is CC(=O)CC(C)Sc1ncn[nH]1. The van der Waals surface area contributed by atoms with Gasteiger partial charge in [-0.15, -0.1) is 0 Å². The molecule has 0 bridgehead atoms. The van der Waals surface area contributed by atoms with Gasteiger partial charge in [-0.05, 0) is 6.92 Å². The van der Waals surface area contributed by atoms with E-state index in [2.05, 4.69) is 15.2 Å². The van der Waals surface area contributed by atoms with Crippen molar-refractivity contribution in [1.29, 1.82) is 0 Å². The molecular formula is C7H11N3OS. The van der Waals surface area contributed by atoms with Crippen molar-refractivity contribution in [2.24, 2.45) is 0 Å². The molecule has 1 aromatic rings. The Balaban J connectivity index is 2.36. The van der Waals surface area contributed by atoms with Gasteiger partial charge < -0.3 is 0 Å². The first-order valence-corrected chi connectivity index (χ1v) is 4.58. The fraction of sp³-hybridized carbons (Fsp3) is 0.571. The third-order valence-corrected chi connectivity index (χ3v) is 2.27. The molecule has 0 saturated heterocycles. The normalized spacial score (nSPS) is 12.8. The maximum Gasteiger partial charge on any atom is 0.183 e. The number of H-pyrrole nitrogens is 1. The fourth-order valence-corrected chi connectivity index (χ4v) is 1.80. The molecule has 0 amide bonds. The summed E-state index contributed by atoms with van der Waals surface area (Å²) in [5, 5.41) is 7.47. The Hall–Kier alpha value is -0.840. The van der Waals surface area contributed by atoms with Crippen LogP contribution in [0.2, 0.25) is 0 Å². The minimum absolute atomic E-state index is 0.203. The number of aromatic nitrogens is 3. The summed E-state index contributed by atoms with van der Waals surface area (Å²) in [6.45, 7) is 3.59. The van der Waals surface area contributed by atoms with E-state index in [9.17, 15) is 4.79 Å². The van der Waals surface area contributed by atoms with E-state index < -0.39 is 0 Å². The molecule has 0 spiro atoms. The van der Waals surface area contributed by atoms with Crippen LogP contribution < -0.4 is 0 Å². The number of nitrogens with zero attached hydrogens (tertiary/aromatic N) is 2. The summed E-state index contributed by atoms with van der Waals surface area (Å²) in [6, 6.07) is 0. The van der Waals surface area contributed by atoms with Crippen LogP contribution in [0.5, 0.6) is 0 Å². The number of carbonyl (C=O) groups excluding carboxylic acids is 1. The Labute approximate surface area is 75.2 Å². The van der Waals surface area contributed by atoms with Crippen LogP contribution in [-0.4, -0.2) is 26.2 Å². The van der Waals surface area contributed by atoms with Gasteiger partial charge in [0.05, 0.1) is 0 Å². The number of hydrogen-bond donors (Lipinski definition) is 1. The molecule has 0 aromatic carbocycles. The molecule has 1 unspecified atom stereocenters. The zero-order valence-electron chi connectivity index (χ0n) is 7.07. The van der Waals surface area contributed by atoms with Gasteiger partial charge in [-0.25, -0.2) is 4.98 Å². The average molecular weight is 185 g/mol. The van der Waals surface area contributed by atoms with Gasteiger partial charge in [0.15, 0.2) is 5.16 Å². The van der Waals surface area contributed by atoms with E-state index in [-0.39, 0.29) is 11.0 Å². The predicted molar refractivity (Wildman–Crippen MR) is 47.0 cm³/mol. The van der Waals surface area contributed by atoms with E-state index in [1.165, 1.54) is 18.1 Å². The number of nitrogens with one attached hydrogen (secondary N) is 1. The minimum Gasteiger partial charge on any atom is -0.300 e. The van der Waals surface area contributed by atoms with Gasteiger partial charge in [0, 0.05) is 11.7 Å². The molecule has 1 aromatic heterocycles. The minimum atomic E-state index is 0.203. The van der Waals surface area contributed by atoms with E-state index in [0.29, 0.717) is 6.42 Å². The Morgan fingerprint density at radius 3 is 3.08 bits per heavy atom. The van der Waals surface area contributed by atoms with Gasteiger partial charge in [-0.3, -0.25) is 9.89 Å². The van der Waals surface area contributed by atoms with Crippen LogP contribution in [0.4, 0.5) is 0 Å². The Morgan fingerprint density at radius 1 is 1.83 bits per heavy atom. The molecular weight excluding hydrogens is 174 g/mol. The van der Waals surface area contributed by atoms with Crippen LogP contribution >= 0.6 is 11.8 Å². The lowest BCUT2D eigenvalue weighted by Gasteiger charge is -2.04. The quantitative estimate of drug-likeness (QED) is 0.717. The molecule has 0 radical (unpaired) electrons. The number of carbonyl (C=O) groups is 1. The van der Waals surface area contributed by atoms with Crippen molar-refractivity contribution in [2.45, 2.75) is 30.7 Å². The lowest BCUT2D eigenvalue weighted by molar-refractivity contribution is -0.116. The second-order valence-electron chi connectivity index (χ2n) is 2.63. The van der Waals surface area contributed by atoms with Crippen molar-refractivity contribution in [2.75, 3.05) is 0 Å². The molecule has 0 aliphatic heterocycles. The van der Waals surface area contributed by atoms with Crippen LogP contribution in [-0.2, 0) is 4.79 Å². The predicted octanol–water partition coefficient (Wildman–Crippen LogP) is 1.26. The van der Waals surface area contributed by atoms with Gasteiger partial charge in [-0.1, -0.05) is 18.7 Å². The topological polar surface area (TPSA) is 58.6 Å². The van der Waals surface area contributed by atoms with Crippen LogP contribution in [0.3, 0.4) is 0 Å². The van der Waals surface area contributed by atoms with E-state index in [4.69, 9.17) is 0 Å². The molecule has 1 N–H and O–H groups in total.